The minimum atomic E-state index is -0.297. The summed E-state index contributed by atoms with van der Waals surface area (Å²) >= 11 is 12.8. The Kier molecular flexibility index (Phi) is 22.5. The van der Waals surface area contributed by atoms with E-state index in [0.717, 1.165) is 82.9 Å². The van der Waals surface area contributed by atoms with Crippen LogP contribution >= 0.6 is 43.5 Å². The van der Waals surface area contributed by atoms with Gasteiger partial charge in [-0.3, -0.25) is 14.8 Å². The Morgan fingerprint density at radius 3 is 2.21 bits per heavy atom. The van der Waals surface area contributed by atoms with E-state index in [1.54, 1.807) is 30.7 Å². The molecule has 0 unspecified atom stereocenters. The molecule has 4 N–H and O–H groups in total. The molecule has 1 amide bonds. The van der Waals surface area contributed by atoms with Gasteiger partial charge >= 0.3 is 24.8 Å². The maximum atomic E-state index is 12.9. The third-order valence-corrected chi connectivity index (χ3v) is 11.9. The number of hydrogen-bond donors (Lipinski definition) is 3. The predicted molar refractivity (Wildman–Crippen MR) is 262 cm³/mol. The summed E-state index contributed by atoms with van der Waals surface area (Å²) in [6.45, 7) is 8.41. The number of hydrogen-bond acceptors (Lipinski definition) is 9. The van der Waals surface area contributed by atoms with E-state index in [1.165, 1.54) is 20.0 Å². The molecular formula is C48H52AlBr2ClLiN5O5. The van der Waals surface area contributed by atoms with Crippen LogP contribution in [0, 0.1) is 20.8 Å². The number of nitrogen functional groups attached to an aromatic ring is 1. The molecule has 3 aromatic heterocycles. The van der Waals surface area contributed by atoms with Crippen LogP contribution in [-0.4, -0.2) is 69.6 Å². The molecule has 324 valence electrons. The zero-order valence-corrected chi connectivity index (χ0v) is 39.4. The van der Waals surface area contributed by atoms with Gasteiger partial charge in [-0.05, 0) is 127 Å². The fourth-order valence-corrected chi connectivity index (χ4v) is 7.34. The average Bonchev–Trinajstić information content (AvgIpc) is 3.87. The van der Waals surface area contributed by atoms with Gasteiger partial charge in [-0.1, -0.05) is 79.9 Å². The van der Waals surface area contributed by atoms with Crippen LogP contribution in [0.25, 0.3) is 21.7 Å². The third-order valence-electron chi connectivity index (χ3n) is 10.0. The molecule has 0 atom stereocenters. The van der Waals surface area contributed by atoms with Crippen molar-refractivity contribution in [2.24, 2.45) is 0 Å². The number of carbonyl (C=O) groups is 2. The molecule has 0 saturated carbocycles. The van der Waals surface area contributed by atoms with Crippen molar-refractivity contribution >= 4 is 100 Å². The smallest absolute Gasteiger partial charge is 1.00 e. The van der Waals surface area contributed by atoms with Gasteiger partial charge in [0.2, 0.25) is 0 Å². The van der Waals surface area contributed by atoms with E-state index < -0.39 is 0 Å². The molecule has 4 heterocycles. The number of ether oxygens (including phenoxy) is 2. The van der Waals surface area contributed by atoms with Crippen LogP contribution in [0.4, 0.5) is 5.82 Å². The number of nitrogens with one attached hydrogen (secondary N) is 1. The van der Waals surface area contributed by atoms with Crippen LogP contribution < -0.4 is 29.9 Å². The number of halogens is 3. The van der Waals surface area contributed by atoms with Crippen molar-refractivity contribution in [1.82, 2.24) is 20.3 Å². The summed E-state index contributed by atoms with van der Waals surface area (Å²) in [5, 5.41) is 15.4. The van der Waals surface area contributed by atoms with Gasteiger partial charge in [0.1, 0.15) is 5.82 Å². The largest absolute Gasteiger partial charge is 1.00 e. The Balaban J connectivity index is 0.000000383. The third kappa shape index (κ3) is 15.3. The van der Waals surface area contributed by atoms with Crippen molar-refractivity contribution in [2.45, 2.75) is 53.2 Å². The molecule has 1 saturated heterocycles. The summed E-state index contributed by atoms with van der Waals surface area (Å²) in [5.74, 6) is 0.0620. The van der Waals surface area contributed by atoms with Crippen LogP contribution in [-0.2, 0) is 29.0 Å². The number of amides is 1. The maximum Gasteiger partial charge on any atom is 1.00 e. The molecule has 10 nitrogen and oxygen atoms in total. The second kappa shape index (κ2) is 26.6. The van der Waals surface area contributed by atoms with Crippen molar-refractivity contribution in [3.63, 3.8) is 0 Å². The Morgan fingerprint density at radius 2 is 1.54 bits per heavy atom. The Labute approximate surface area is 414 Å². The molecular weight excluding hydrogens is 956 g/mol. The van der Waals surface area contributed by atoms with Gasteiger partial charge in [0.05, 0.1) is 29.8 Å². The zero-order valence-electron chi connectivity index (χ0n) is 36.5. The van der Waals surface area contributed by atoms with E-state index in [-0.39, 0.29) is 56.1 Å². The molecule has 8 rings (SSSR count). The number of benzene rings is 4. The number of aliphatic hydroxyl groups excluding tert-OH is 1. The zero-order chi connectivity index (χ0) is 43.9. The summed E-state index contributed by atoms with van der Waals surface area (Å²) in [6, 6.07) is 28.6. The number of carbonyl (C=O) groups excluding carboxylic acids is 2. The quantitative estimate of drug-likeness (QED) is 0.116. The number of methoxy groups -OCH3 is 1. The first-order chi connectivity index (χ1) is 29.4. The molecule has 0 spiro atoms. The second-order valence-electron chi connectivity index (χ2n) is 14.1. The average molecular weight is 1010 g/mol. The van der Waals surface area contributed by atoms with E-state index >= 15 is 0 Å². The molecule has 0 aliphatic carbocycles. The fourth-order valence-electron chi connectivity index (χ4n) is 6.40. The van der Waals surface area contributed by atoms with Crippen molar-refractivity contribution in [1.29, 1.82) is 0 Å². The van der Waals surface area contributed by atoms with Gasteiger partial charge in [-0.2, -0.15) is 0 Å². The number of esters is 1. The van der Waals surface area contributed by atoms with E-state index in [9.17, 15) is 9.59 Å². The van der Waals surface area contributed by atoms with Crippen LogP contribution in [0.5, 0.6) is 0 Å². The van der Waals surface area contributed by atoms with Crippen LogP contribution in [0.15, 0.2) is 119 Å². The molecule has 1 aliphatic rings. The molecule has 1 fully saturated rings. The molecule has 0 bridgehead atoms. The fraction of sp³-hybridized carbons (Fsp3) is 0.229. The normalized spacial score (nSPS) is 11.3. The number of pyridine rings is 3. The van der Waals surface area contributed by atoms with Crippen molar-refractivity contribution < 1.29 is 44.5 Å². The first-order valence-corrected chi connectivity index (χ1v) is 21.5. The first kappa shape index (κ1) is 53.2. The number of nitrogens with zero attached hydrogens (tertiary/aromatic N) is 3. The molecule has 0 radical (unpaired) electrons. The van der Waals surface area contributed by atoms with E-state index in [2.05, 4.69) is 56.9 Å². The summed E-state index contributed by atoms with van der Waals surface area (Å²) in [5.41, 5.74) is 15.0. The van der Waals surface area contributed by atoms with Gasteiger partial charge in [-0.25, -0.2) is 9.78 Å². The molecule has 1 aliphatic heterocycles. The Bertz CT molecular complexity index is 2640. The first-order valence-electron chi connectivity index (χ1n) is 19.6. The van der Waals surface area contributed by atoms with Gasteiger partial charge in [0, 0.05) is 75.7 Å². The summed E-state index contributed by atoms with van der Waals surface area (Å²) in [6.07, 6.45) is 8.16. The minimum Gasteiger partial charge on any atom is -1.00 e. The van der Waals surface area contributed by atoms with Crippen molar-refractivity contribution in [3.05, 3.63) is 174 Å². The summed E-state index contributed by atoms with van der Waals surface area (Å²) in [4.78, 5) is 36.9. The minimum absolute atomic E-state index is 0. The number of fused-ring (bicyclic) bond motifs is 2. The Hall–Kier alpha value is -4.11. The van der Waals surface area contributed by atoms with Gasteiger partial charge in [0.15, 0.2) is 17.4 Å². The van der Waals surface area contributed by atoms with Crippen LogP contribution in [0.3, 0.4) is 0 Å². The van der Waals surface area contributed by atoms with E-state index in [0.29, 0.717) is 34.9 Å². The number of nitrogens with two attached hydrogens (primary N) is 1. The number of aliphatic hydroxyl groups is 1. The van der Waals surface area contributed by atoms with Crippen LogP contribution in [0.1, 0.15) is 74.1 Å². The van der Waals surface area contributed by atoms with E-state index in [1.807, 2.05) is 99.6 Å². The van der Waals surface area contributed by atoms with E-state index in [4.69, 9.17) is 27.2 Å². The predicted octanol–water partition coefficient (Wildman–Crippen LogP) is 6.77. The molecule has 4 aromatic carbocycles. The number of aryl methyl sites for hydroxylation is 1. The standard InChI is InChI=1S/C27H22ClN5O.C9H9BrO2.C8H9BrO.C4H8O.Al.Li.4H/c1-16-19(3-4-24-23(16)7-9-31-26(24)29)14-33-27(34)18-6-8-30-22(13-18)11-17-2-5-25-20(10-17)12-21(28)15-32-25;1-6-7(9(11)12-2)4-3-5-8(6)10;1-6-7(5-10)3-2-4-8(6)9;1-2-4-5-3-1;;;;;;/h2-10,12-13,15H,11,14H2,1H3,(H2,29,31)(H,33,34);3-5H,1-2H3;2-4,10H,5H2,1H3;1-4H2;;;;;;/q;;;;;+1;;;;-1. The van der Waals surface area contributed by atoms with Crippen molar-refractivity contribution in [3.8, 4) is 0 Å². The summed E-state index contributed by atoms with van der Waals surface area (Å²) < 4.78 is 11.5. The second-order valence-corrected chi connectivity index (χ2v) is 16.3. The Morgan fingerprint density at radius 1 is 0.841 bits per heavy atom. The number of rotatable bonds is 7. The van der Waals surface area contributed by atoms with Gasteiger partial charge < -0.3 is 27.1 Å². The SMILES string of the molecule is C1CCOC1.COC(=O)c1cccc(Br)c1C.Cc1c(Br)cccc1CO.Cc1c(CNC(=O)c2ccnc(Cc3ccc4ncc(Cl)cc4c3)c2)ccc2c(N)nccc12.[AlH3].[H-].[Li+]. The molecule has 15 heteroatoms. The topological polar surface area (TPSA) is 150 Å². The monoisotopic (exact) mass is 1010 g/mol. The molecule has 63 heavy (non-hydrogen) atoms. The number of aromatic nitrogens is 3. The molecule has 7 aromatic rings. The van der Waals surface area contributed by atoms with Gasteiger partial charge in [0.25, 0.3) is 5.91 Å². The maximum absolute atomic E-state index is 12.9. The van der Waals surface area contributed by atoms with Gasteiger partial charge in [-0.15, -0.1) is 0 Å². The number of anilines is 1. The summed E-state index contributed by atoms with van der Waals surface area (Å²) in [7, 11) is 1.38. The van der Waals surface area contributed by atoms with Crippen molar-refractivity contribution in [2.75, 3.05) is 26.1 Å². The van der Waals surface area contributed by atoms with Crippen LogP contribution in [0.2, 0.25) is 5.02 Å².